The summed E-state index contributed by atoms with van der Waals surface area (Å²) in [4.78, 5) is 4.61. The Kier molecular flexibility index (Phi) is 1.95. The molecule has 0 unspecified atom stereocenters. The molecule has 1 aliphatic rings. The van der Waals surface area contributed by atoms with Gasteiger partial charge in [0.15, 0.2) is 0 Å². The number of nitrogens with one attached hydrogen (secondary N) is 1. The average Bonchev–Trinajstić information content (AvgIpc) is 2.28. The third-order valence-corrected chi connectivity index (χ3v) is 2.96. The van der Waals surface area contributed by atoms with Crippen molar-refractivity contribution in [3.8, 4) is 0 Å². The zero-order chi connectivity index (χ0) is 12.0. The Morgan fingerprint density at radius 3 is 2.82 bits per heavy atom. The molecule has 0 atom stereocenters. The molecule has 0 bridgehead atoms. The second-order valence-electron chi connectivity index (χ2n) is 4.31. The maximum Gasteiger partial charge on any atom is 0.0876 e. The lowest BCUT2D eigenvalue weighted by atomic mass is 10.1. The predicted molar refractivity (Wildman–Crippen MR) is 71.3 cm³/mol. The molecule has 0 aliphatic carbocycles. The van der Waals surface area contributed by atoms with Crippen LogP contribution in [-0.2, 0) is 0 Å². The molecule has 0 radical (unpaired) electrons. The van der Waals surface area contributed by atoms with Crippen molar-refractivity contribution < 1.29 is 0 Å². The maximum absolute atomic E-state index is 5.90. The van der Waals surface area contributed by atoms with Crippen LogP contribution >= 0.6 is 0 Å². The van der Waals surface area contributed by atoms with Crippen LogP contribution in [0.2, 0.25) is 0 Å². The van der Waals surface area contributed by atoms with E-state index in [0.717, 1.165) is 38.9 Å². The summed E-state index contributed by atoms with van der Waals surface area (Å²) >= 11 is 0. The standard InChI is InChI=1S/C14H13N3/c1-8-3-4-11-12(5-8)17-14-7-10(15)9(2)6-13(14)16-11/h3-7,17H,1,15H2,2H3. The zero-order valence-electron chi connectivity index (χ0n) is 9.62. The third-order valence-electron chi connectivity index (χ3n) is 2.96. The third kappa shape index (κ3) is 1.56. The van der Waals surface area contributed by atoms with E-state index in [1.165, 1.54) is 0 Å². The van der Waals surface area contributed by atoms with Crippen LogP contribution in [0.1, 0.15) is 5.56 Å². The first kappa shape index (κ1) is 9.90. The summed E-state index contributed by atoms with van der Waals surface area (Å²) in [7, 11) is 0. The first-order valence-electron chi connectivity index (χ1n) is 5.48. The first-order chi connectivity index (χ1) is 8.13. The molecule has 0 spiro atoms. The Labute approximate surface area is 99.3 Å². The van der Waals surface area contributed by atoms with Gasteiger partial charge in [0.25, 0.3) is 0 Å². The number of hydrogen-bond acceptors (Lipinski definition) is 3. The van der Waals surface area contributed by atoms with Crippen molar-refractivity contribution in [2.24, 2.45) is 4.99 Å². The summed E-state index contributed by atoms with van der Waals surface area (Å²) in [6, 6.07) is 9.84. The van der Waals surface area contributed by atoms with Gasteiger partial charge in [-0.3, -0.25) is 0 Å². The van der Waals surface area contributed by atoms with Gasteiger partial charge in [0.05, 0.1) is 22.4 Å². The van der Waals surface area contributed by atoms with Crippen molar-refractivity contribution in [2.45, 2.75) is 6.92 Å². The number of aryl methyl sites for hydroxylation is 1. The number of nitrogens with zero attached hydrogens (tertiary/aromatic N) is 1. The largest absolute Gasteiger partial charge is 0.398 e. The second kappa shape index (κ2) is 3.35. The molecule has 0 saturated carbocycles. The highest BCUT2D eigenvalue weighted by Crippen LogP contribution is 2.33. The van der Waals surface area contributed by atoms with Crippen LogP contribution in [0.15, 0.2) is 35.3 Å². The van der Waals surface area contributed by atoms with Crippen molar-refractivity contribution in [1.82, 2.24) is 0 Å². The van der Waals surface area contributed by atoms with E-state index in [-0.39, 0.29) is 0 Å². The Balaban J connectivity index is 2.29. The summed E-state index contributed by atoms with van der Waals surface area (Å²) < 4.78 is 0. The molecule has 0 saturated heterocycles. The normalized spacial score (nSPS) is 12.1. The topological polar surface area (TPSA) is 50.4 Å². The highest BCUT2D eigenvalue weighted by Gasteiger charge is 2.11. The van der Waals surface area contributed by atoms with Crippen LogP contribution in [0, 0.1) is 6.92 Å². The number of fused-ring (bicyclic) bond motifs is 2. The van der Waals surface area contributed by atoms with Gasteiger partial charge in [0.1, 0.15) is 0 Å². The molecule has 1 aliphatic heterocycles. The molecule has 3 rings (SSSR count). The lowest BCUT2D eigenvalue weighted by molar-refractivity contribution is 1.27. The number of nitrogens with two attached hydrogens (primary N) is 1. The Morgan fingerprint density at radius 1 is 1.18 bits per heavy atom. The molecule has 3 heteroatoms. The molecular formula is C14H13N3. The van der Waals surface area contributed by atoms with E-state index in [2.05, 4.69) is 16.9 Å². The van der Waals surface area contributed by atoms with E-state index in [1.54, 1.807) is 0 Å². The maximum atomic E-state index is 5.90. The molecule has 17 heavy (non-hydrogen) atoms. The van der Waals surface area contributed by atoms with E-state index in [1.807, 2.05) is 37.3 Å². The quantitative estimate of drug-likeness (QED) is 0.573. The zero-order valence-corrected chi connectivity index (χ0v) is 9.62. The smallest absolute Gasteiger partial charge is 0.0876 e. The van der Waals surface area contributed by atoms with Gasteiger partial charge in [-0.1, -0.05) is 12.6 Å². The van der Waals surface area contributed by atoms with E-state index >= 15 is 0 Å². The van der Waals surface area contributed by atoms with Crippen LogP contribution < -0.4 is 21.6 Å². The molecule has 0 amide bonds. The molecular weight excluding hydrogens is 210 g/mol. The van der Waals surface area contributed by atoms with Crippen molar-refractivity contribution >= 4 is 29.3 Å². The number of hydrogen-bond donors (Lipinski definition) is 2. The van der Waals surface area contributed by atoms with Crippen LogP contribution in [-0.4, -0.2) is 0 Å². The van der Waals surface area contributed by atoms with Crippen molar-refractivity contribution in [1.29, 1.82) is 0 Å². The van der Waals surface area contributed by atoms with Crippen LogP contribution in [0.3, 0.4) is 0 Å². The van der Waals surface area contributed by atoms with E-state index < -0.39 is 0 Å². The first-order valence-corrected chi connectivity index (χ1v) is 5.48. The van der Waals surface area contributed by atoms with Gasteiger partial charge in [0.2, 0.25) is 0 Å². The Bertz CT molecular complexity index is 717. The van der Waals surface area contributed by atoms with Gasteiger partial charge >= 0.3 is 0 Å². The summed E-state index contributed by atoms with van der Waals surface area (Å²) in [5, 5.41) is 5.24. The number of anilines is 3. The fraction of sp³-hybridized carbons (Fsp3) is 0.0714. The predicted octanol–water partition coefficient (Wildman–Crippen LogP) is 2.00. The summed E-state index contributed by atoms with van der Waals surface area (Å²) in [6.45, 7) is 5.90. The number of nitrogen functional groups attached to an aromatic ring is 1. The van der Waals surface area contributed by atoms with Crippen LogP contribution in [0.25, 0.3) is 6.58 Å². The van der Waals surface area contributed by atoms with Gasteiger partial charge in [-0.2, -0.15) is 0 Å². The molecule has 0 aromatic heterocycles. The minimum atomic E-state index is 0.778. The van der Waals surface area contributed by atoms with Gasteiger partial charge in [0, 0.05) is 5.69 Å². The molecule has 2 aromatic rings. The summed E-state index contributed by atoms with van der Waals surface area (Å²) in [5.74, 6) is 0. The molecule has 3 nitrogen and oxygen atoms in total. The fourth-order valence-corrected chi connectivity index (χ4v) is 1.96. The van der Waals surface area contributed by atoms with Crippen LogP contribution in [0.4, 0.5) is 22.7 Å². The molecule has 0 fully saturated rings. The van der Waals surface area contributed by atoms with Gasteiger partial charge in [-0.05, 0) is 42.0 Å². The van der Waals surface area contributed by atoms with E-state index in [9.17, 15) is 0 Å². The monoisotopic (exact) mass is 223 g/mol. The SMILES string of the molecule is C=c1ccc2c(c1)Nc1cc(N)c(C)cc1N=2. The summed E-state index contributed by atoms with van der Waals surface area (Å²) in [5.41, 5.74) is 10.6. The molecule has 3 N–H and O–H groups in total. The van der Waals surface area contributed by atoms with Crippen molar-refractivity contribution in [3.05, 3.63) is 46.5 Å². The van der Waals surface area contributed by atoms with E-state index in [4.69, 9.17) is 5.73 Å². The Morgan fingerprint density at radius 2 is 2.00 bits per heavy atom. The minimum absolute atomic E-state index is 0.778. The average molecular weight is 223 g/mol. The van der Waals surface area contributed by atoms with E-state index in [0.29, 0.717) is 0 Å². The molecule has 2 aromatic carbocycles. The highest BCUT2D eigenvalue weighted by atomic mass is 15.0. The van der Waals surface area contributed by atoms with Gasteiger partial charge in [-0.25, -0.2) is 4.99 Å². The van der Waals surface area contributed by atoms with Crippen LogP contribution in [0.5, 0.6) is 0 Å². The van der Waals surface area contributed by atoms with Crippen molar-refractivity contribution in [2.75, 3.05) is 11.1 Å². The second-order valence-corrected chi connectivity index (χ2v) is 4.31. The van der Waals surface area contributed by atoms with Crippen molar-refractivity contribution in [3.63, 3.8) is 0 Å². The molecule has 84 valence electrons. The lowest BCUT2D eigenvalue weighted by Crippen LogP contribution is -2.16. The number of rotatable bonds is 0. The fourth-order valence-electron chi connectivity index (χ4n) is 1.96. The van der Waals surface area contributed by atoms with Gasteiger partial charge < -0.3 is 11.1 Å². The number of benzene rings is 2. The Hall–Kier alpha value is -2.29. The summed E-state index contributed by atoms with van der Waals surface area (Å²) in [6.07, 6.45) is 0. The lowest BCUT2D eigenvalue weighted by Gasteiger charge is -2.16. The van der Waals surface area contributed by atoms with Gasteiger partial charge in [-0.15, -0.1) is 0 Å². The minimum Gasteiger partial charge on any atom is -0.398 e. The molecule has 1 heterocycles. The highest BCUT2D eigenvalue weighted by molar-refractivity contribution is 5.79.